The van der Waals surface area contributed by atoms with Gasteiger partial charge in [-0.15, -0.1) is 0 Å². The average Bonchev–Trinajstić information content (AvgIpc) is 2.34. The minimum absolute atomic E-state index is 0.0139. The van der Waals surface area contributed by atoms with Crippen LogP contribution in [0.5, 0.6) is 0 Å². The summed E-state index contributed by atoms with van der Waals surface area (Å²) >= 11 is 0. The second kappa shape index (κ2) is 6.73. The number of piperidine rings is 1. The number of hydrogen-bond donors (Lipinski definition) is 2. The summed E-state index contributed by atoms with van der Waals surface area (Å²) in [6.07, 6.45) is 3.06. The van der Waals surface area contributed by atoms with E-state index in [0.717, 1.165) is 25.8 Å². The molecule has 104 valence electrons. The zero-order valence-corrected chi connectivity index (χ0v) is 11.6. The van der Waals surface area contributed by atoms with Gasteiger partial charge in [0.25, 0.3) is 0 Å². The van der Waals surface area contributed by atoms with Crippen LogP contribution in [0.4, 0.5) is 0 Å². The third-order valence-electron chi connectivity index (χ3n) is 3.50. The van der Waals surface area contributed by atoms with Crippen LogP contribution in [0.3, 0.4) is 0 Å². The maximum atomic E-state index is 12.3. The quantitative estimate of drug-likeness (QED) is 0.767. The lowest BCUT2D eigenvalue weighted by Crippen LogP contribution is -2.55. The third kappa shape index (κ3) is 3.98. The lowest BCUT2D eigenvalue weighted by molar-refractivity contribution is -0.137. The van der Waals surface area contributed by atoms with Gasteiger partial charge in [-0.1, -0.05) is 13.8 Å². The van der Waals surface area contributed by atoms with Crippen molar-refractivity contribution in [1.82, 2.24) is 10.2 Å². The highest BCUT2D eigenvalue weighted by atomic mass is 16.2. The molecule has 0 aromatic heterocycles. The van der Waals surface area contributed by atoms with E-state index in [2.05, 4.69) is 5.32 Å². The number of rotatable bonds is 4. The van der Waals surface area contributed by atoms with Crippen LogP contribution in [0, 0.1) is 5.92 Å². The molecule has 5 heteroatoms. The lowest BCUT2D eigenvalue weighted by atomic mass is 9.98. The number of nitrogens with one attached hydrogen (secondary N) is 1. The molecule has 2 atom stereocenters. The summed E-state index contributed by atoms with van der Waals surface area (Å²) in [6.45, 7) is 6.69. The molecule has 1 rings (SSSR count). The van der Waals surface area contributed by atoms with Gasteiger partial charge in [-0.05, 0) is 25.2 Å². The van der Waals surface area contributed by atoms with Crippen molar-refractivity contribution in [2.24, 2.45) is 11.7 Å². The summed E-state index contributed by atoms with van der Waals surface area (Å²) < 4.78 is 0. The number of nitrogens with two attached hydrogens (primary N) is 1. The Balaban J connectivity index is 2.63. The summed E-state index contributed by atoms with van der Waals surface area (Å²) in [5, 5.41) is 2.79. The van der Waals surface area contributed by atoms with E-state index in [9.17, 15) is 9.59 Å². The van der Waals surface area contributed by atoms with Crippen LogP contribution in [0.15, 0.2) is 0 Å². The molecule has 1 heterocycles. The van der Waals surface area contributed by atoms with Crippen LogP contribution in [0.1, 0.15) is 40.0 Å². The normalized spacial score (nSPS) is 21.8. The minimum atomic E-state index is -0.442. The SMILES string of the molecule is CC(=O)NC[C@@H]1CCCCN1C(=O)[C@@H](N)C(C)C. The Morgan fingerprint density at radius 1 is 1.39 bits per heavy atom. The first-order chi connectivity index (χ1) is 8.43. The molecule has 0 unspecified atom stereocenters. The largest absolute Gasteiger partial charge is 0.354 e. The van der Waals surface area contributed by atoms with Gasteiger partial charge in [0.05, 0.1) is 6.04 Å². The van der Waals surface area contributed by atoms with Crippen molar-refractivity contribution in [2.45, 2.75) is 52.1 Å². The predicted molar refractivity (Wildman–Crippen MR) is 70.8 cm³/mol. The molecule has 18 heavy (non-hydrogen) atoms. The molecule has 0 bridgehead atoms. The highest BCUT2D eigenvalue weighted by molar-refractivity contribution is 5.82. The van der Waals surface area contributed by atoms with Gasteiger partial charge in [-0.3, -0.25) is 9.59 Å². The Labute approximate surface area is 109 Å². The standard InChI is InChI=1S/C13H25N3O2/c1-9(2)12(14)13(18)16-7-5-4-6-11(16)8-15-10(3)17/h9,11-12H,4-8,14H2,1-3H3,(H,15,17)/t11-,12-/m0/s1. The summed E-state index contributed by atoms with van der Waals surface area (Å²) in [4.78, 5) is 25.1. The predicted octanol–water partition coefficient (Wildman–Crippen LogP) is 0.487. The van der Waals surface area contributed by atoms with Gasteiger partial charge >= 0.3 is 0 Å². The van der Waals surface area contributed by atoms with Crippen molar-refractivity contribution in [3.63, 3.8) is 0 Å². The first-order valence-corrected chi connectivity index (χ1v) is 6.74. The van der Waals surface area contributed by atoms with Gasteiger partial charge in [0.1, 0.15) is 0 Å². The molecular weight excluding hydrogens is 230 g/mol. The number of hydrogen-bond acceptors (Lipinski definition) is 3. The molecule has 1 aliphatic heterocycles. The van der Waals surface area contributed by atoms with Crippen LogP contribution in [-0.2, 0) is 9.59 Å². The van der Waals surface area contributed by atoms with Gasteiger partial charge in [-0.25, -0.2) is 0 Å². The first kappa shape index (κ1) is 15.0. The highest BCUT2D eigenvalue weighted by Gasteiger charge is 2.30. The van der Waals surface area contributed by atoms with Crippen molar-refractivity contribution in [3.8, 4) is 0 Å². The molecule has 3 N–H and O–H groups in total. The second-order valence-corrected chi connectivity index (χ2v) is 5.39. The fourth-order valence-corrected chi connectivity index (χ4v) is 2.24. The van der Waals surface area contributed by atoms with Gasteiger partial charge in [0, 0.05) is 26.1 Å². The smallest absolute Gasteiger partial charge is 0.240 e. The Morgan fingerprint density at radius 3 is 2.61 bits per heavy atom. The summed E-state index contributed by atoms with van der Waals surface area (Å²) in [5.74, 6) is 0.0991. The molecule has 0 radical (unpaired) electrons. The van der Waals surface area contributed by atoms with Crippen molar-refractivity contribution >= 4 is 11.8 Å². The van der Waals surface area contributed by atoms with Crippen LogP contribution in [0.25, 0.3) is 0 Å². The van der Waals surface area contributed by atoms with Crippen LogP contribution in [0.2, 0.25) is 0 Å². The molecule has 1 fully saturated rings. The molecule has 0 aliphatic carbocycles. The molecule has 5 nitrogen and oxygen atoms in total. The maximum absolute atomic E-state index is 12.3. The lowest BCUT2D eigenvalue weighted by Gasteiger charge is -2.38. The van der Waals surface area contributed by atoms with Crippen molar-refractivity contribution in [2.75, 3.05) is 13.1 Å². The number of carbonyl (C=O) groups is 2. The fraction of sp³-hybridized carbons (Fsp3) is 0.846. The van der Waals surface area contributed by atoms with Crippen LogP contribution < -0.4 is 11.1 Å². The molecule has 1 aliphatic rings. The monoisotopic (exact) mass is 255 g/mol. The fourth-order valence-electron chi connectivity index (χ4n) is 2.24. The van der Waals surface area contributed by atoms with E-state index in [-0.39, 0.29) is 23.8 Å². The van der Waals surface area contributed by atoms with Gasteiger partial charge in [-0.2, -0.15) is 0 Å². The highest BCUT2D eigenvalue weighted by Crippen LogP contribution is 2.18. The molecule has 0 aromatic carbocycles. The van der Waals surface area contributed by atoms with Gasteiger partial charge in [0.15, 0.2) is 0 Å². The number of likely N-dealkylation sites (tertiary alicyclic amines) is 1. The van der Waals surface area contributed by atoms with E-state index in [1.54, 1.807) is 0 Å². The molecule has 2 amide bonds. The Hall–Kier alpha value is -1.10. The Morgan fingerprint density at radius 2 is 2.06 bits per heavy atom. The summed E-state index contributed by atoms with van der Waals surface area (Å²) in [7, 11) is 0. The maximum Gasteiger partial charge on any atom is 0.240 e. The molecule has 0 aromatic rings. The topological polar surface area (TPSA) is 75.4 Å². The minimum Gasteiger partial charge on any atom is -0.354 e. The zero-order valence-electron chi connectivity index (χ0n) is 11.6. The van der Waals surface area contributed by atoms with Crippen molar-refractivity contribution in [3.05, 3.63) is 0 Å². The van der Waals surface area contributed by atoms with Crippen LogP contribution >= 0.6 is 0 Å². The molecule has 0 spiro atoms. The van der Waals surface area contributed by atoms with E-state index in [1.165, 1.54) is 6.92 Å². The summed E-state index contributed by atoms with van der Waals surface area (Å²) in [5.41, 5.74) is 5.93. The molecule has 1 saturated heterocycles. The van der Waals surface area contributed by atoms with E-state index in [0.29, 0.717) is 6.54 Å². The first-order valence-electron chi connectivity index (χ1n) is 6.74. The van der Waals surface area contributed by atoms with E-state index in [4.69, 9.17) is 5.73 Å². The molecule has 0 saturated carbocycles. The van der Waals surface area contributed by atoms with E-state index >= 15 is 0 Å². The zero-order chi connectivity index (χ0) is 13.7. The Kier molecular flexibility index (Phi) is 5.59. The Bertz CT molecular complexity index is 305. The van der Waals surface area contributed by atoms with Crippen LogP contribution in [-0.4, -0.2) is 41.9 Å². The van der Waals surface area contributed by atoms with E-state index < -0.39 is 6.04 Å². The third-order valence-corrected chi connectivity index (χ3v) is 3.50. The van der Waals surface area contributed by atoms with Gasteiger partial charge < -0.3 is 16.0 Å². The van der Waals surface area contributed by atoms with Crippen molar-refractivity contribution < 1.29 is 9.59 Å². The van der Waals surface area contributed by atoms with Crippen molar-refractivity contribution in [1.29, 1.82) is 0 Å². The summed E-state index contributed by atoms with van der Waals surface area (Å²) in [6, 6.07) is -0.345. The molecular formula is C13H25N3O2. The van der Waals surface area contributed by atoms with E-state index in [1.807, 2.05) is 18.7 Å². The van der Waals surface area contributed by atoms with Gasteiger partial charge in [0.2, 0.25) is 11.8 Å². The second-order valence-electron chi connectivity index (χ2n) is 5.39. The number of nitrogens with zero attached hydrogens (tertiary/aromatic N) is 1. The number of amides is 2. The average molecular weight is 255 g/mol. The number of carbonyl (C=O) groups excluding carboxylic acids is 2.